The molecule has 0 spiro atoms. The van der Waals surface area contributed by atoms with Crippen molar-refractivity contribution in [2.24, 2.45) is 7.05 Å². The van der Waals surface area contributed by atoms with Crippen LogP contribution in [0, 0.1) is 4.77 Å². The van der Waals surface area contributed by atoms with Crippen LogP contribution in [0.4, 0.5) is 5.95 Å². The Balaban J connectivity index is 2.05. The molecule has 1 aliphatic rings. The van der Waals surface area contributed by atoms with Crippen LogP contribution in [0.1, 0.15) is 12.8 Å². The predicted octanol–water partition coefficient (Wildman–Crippen LogP) is 1.01. The summed E-state index contributed by atoms with van der Waals surface area (Å²) in [5.74, 6) is 0.908. The van der Waals surface area contributed by atoms with E-state index in [4.69, 9.17) is 12.2 Å². The van der Waals surface area contributed by atoms with Gasteiger partial charge < -0.3 is 9.80 Å². The van der Waals surface area contributed by atoms with Crippen LogP contribution in [0.5, 0.6) is 0 Å². The first-order chi connectivity index (χ1) is 7.59. The van der Waals surface area contributed by atoms with Gasteiger partial charge in [-0.25, -0.2) is 5.10 Å². The molecule has 1 aromatic rings. The number of hydrogen-bond acceptors (Lipinski definition) is 4. The largest absolute Gasteiger partial charge is 0.342 e. The van der Waals surface area contributed by atoms with Crippen molar-refractivity contribution in [2.45, 2.75) is 18.9 Å². The molecule has 0 aliphatic carbocycles. The zero-order valence-corrected chi connectivity index (χ0v) is 10.9. The Labute approximate surface area is 101 Å². The highest BCUT2D eigenvalue weighted by molar-refractivity contribution is 7.71. The number of aromatic amines is 1. The summed E-state index contributed by atoms with van der Waals surface area (Å²) >= 11 is 5.11. The summed E-state index contributed by atoms with van der Waals surface area (Å²) in [5.41, 5.74) is 0. The van der Waals surface area contributed by atoms with Crippen LogP contribution in [0.25, 0.3) is 0 Å². The molecule has 1 saturated heterocycles. The van der Waals surface area contributed by atoms with Gasteiger partial charge in [-0.1, -0.05) is 0 Å². The van der Waals surface area contributed by atoms with Crippen molar-refractivity contribution in [3.05, 3.63) is 4.77 Å². The molecule has 2 rings (SSSR count). The van der Waals surface area contributed by atoms with Gasteiger partial charge >= 0.3 is 0 Å². The highest BCUT2D eigenvalue weighted by Crippen LogP contribution is 2.17. The van der Waals surface area contributed by atoms with Gasteiger partial charge in [0.2, 0.25) is 5.95 Å². The predicted molar refractivity (Wildman–Crippen MR) is 67.3 cm³/mol. The molecule has 0 aromatic carbocycles. The Bertz CT molecular complexity index is 410. The zero-order valence-electron chi connectivity index (χ0n) is 10.1. The number of likely N-dealkylation sites (N-methyl/N-ethyl adjacent to an activating group) is 2. The minimum atomic E-state index is 0.635. The first-order valence-corrected chi connectivity index (χ1v) is 6.03. The summed E-state index contributed by atoms with van der Waals surface area (Å²) < 4.78 is 2.58. The lowest BCUT2D eigenvalue weighted by atomic mass is 10.2. The van der Waals surface area contributed by atoms with E-state index in [1.165, 1.54) is 19.4 Å². The van der Waals surface area contributed by atoms with E-state index < -0.39 is 0 Å². The summed E-state index contributed by atoms with van der Waals surface area (Å²) in [6.45, 7) is 2.21. The highest BCUT2D eigenvalue weighted by atomic mass is 32.1. The van der Waals surface area contributed by atoms with E-state index in [2.05, 4.69) is 34.1 Å². The number of rotatable bonds is 3. The fourth-order valence-electron chi connectivity index (χ4n) is 2.29. The van der Waals surface area contributed by atoms with Gasteiger partial charge in [-0.05, 0) is 38.7 Å². The molecule has 0 saturated carbocycles. The van der Waals surface area contributed by atoms with Crippen molar-refractivity contribution in [1.82, 2.24) is 19.7 Å². The highest BCUT2D eigenvalue weighted by Gasteiger charge is 2.23. The molecule has 1 fully saturated rings. The number of aromatic nitrogens is 3. The van der Waals surface area contributed by atoms with Crippen molar-refractivity contribution in [2.75, 3.05) is 32.1 Å². The number of nitrogens with one attached hydrogen (secondary N) is 1. The normalized spacial score (nSPS) is 21.6. The lowest BCUT2D eigenvalue weighted by Gasteiger charge is -2.26. The van der Waals surface area contributed by atoms with Crippen LogP contribution in [0.2, 0.25) is 0 Å². The van der Waals surface area contributed by atoms with Crippen molar-refractivity contribution in [3.8, 4) is 0 Å². The molecule has 1 N–H and O–H groups in total. The van der Waals surface area contributed by atoms with Gasteiger partial charge in [0, 0.05) is 26.7 Å². The molecule has 1 atom stereocenters. The molecule has 5 nitrogen and oxygen atoms in total. The van der Waals surface area contributed by atoms with Gasteiger partial charge in [-0.3, -0.25) is 4.57 Å². The van der Waals surface area contributed by atoms with Crippen molar-refractivity contribution in [1.29, 1.82) is 0 Å². The molecule has 1 aliphatic heterocycles. The van der Waals surface area contributed by atoms with E-state index >= 15 is 0 Å². The molecule has 0 bridgehead atoms. The van der Waals surface area contributed by atoms with Crippen molar-refractivity contribution in [3.63, 3.8) is 0 Å². The fraction of sp³-hybridized carbons (Fsp3) is 0.800. The summed E-state index contributed by atoms with van der Waals surface area (Å²) in [6.07, 6.45) is 2.57. The van der Waals surface area contributed by atoms with E-state index in [-0.39, 0.29) is 0 Å². The van der Waals surface area contributed by atoms with Crippen LogP contribution in [-0.4, -0.2) is 52.9 Å². The fourth-order valence-corrected chi connectivity index (χ4v) is 2.42. The first-order valence-electron chi connectivity index (χ1n) is 5.62. The second-order valence-electron chi connectivity index (χ2n) is 4.54. The second-order valence-corrected chi connectivity index (χ2v) is 4.93. The second kappa shape index (κ2) is 4.55. The number of likely N-dealkylation sites (tertiary alicyclic amines) is 1. The van der Waals surface area contributed by atoms with Crippen LogP contribution in [0.3, 0.4) is 0 Å². The van der Waals surface area contributed by atoms with Gasteiger partial charge in [0.1, 0.15) is 0 Å². The topological polar surface area (TPSA) is 40.1 Å². The number of hydrogen-bond donors (Lipinski definition) is 1. The van der Waals surface area contributed by atoms with Crippen LogP contribution in [0.15, 0.2) is 0 Å². The third-order valence-corrected chi connectivity index (χ3v) is 3.72. The number of anilines is 1. The van der Waals surface area contributed by atoms with E-state index in [9.17, 15) is 0 Å². The lowest BCUT2D eigenvalue weighted by Crippen LogP contribution is -2.37. The number of nitrogens with zero attached hydrogens (tertiary/aromatic N) is 4. The van der Waals surface area contributed by atoms with Gasteiger partial charge in [-0.2, -0.15) is 0 Å². The molecule has 90 valence electrons. The van der Waals surface area contributed by atoms with Crippen molar-refractivity contribution >= 4 is 18.2 Å². The number of H-pyrrole nitrogens is 1. The van der Waals surface area contributed by atoms with E-state index in [1.54, 1.807) is 0 Å². The van der Waals surface area contributed by atoms with E-state index in [0.717, 1.165) is 12.5 Å². The van der Waals surface area contributed by atoms with Gasteiger partial charge in [-0.15, -0.1) is 5.10 Å². The molecule has 1 unspecified atom stereocenters. The first kappa shape index (κ1) is 11.6. The van der Waals surface area contributed by atoms with Crippen molar-refractivity contribution < 1.29 is 0 Å². The van der Waals surface area contributed by atoms with E-state index in [0.29, 0.717) is 10.8 Å². The van der Waals surface area contributed by atoms with Crippen LogP contribution in [-0.2, 0) is 7.05 Å². The maximum absolute atomic E-state index is 5.11. The lowest BCUT2D eigenvalue weighted by molar-refractivity contribution is 0.313. The van der Waals surface area contributed by atoms with Gasteiger partial charge in [0.15, 0.2) is 4.77 Å². The Morgan fingerprint density at radius 3 is 2.81 bits per heavy atom. The minimum absolute atomic E-state index is 0.635. The smallest absolute Gasteiger partial charge is 0.225 e. The third-order valence-electron chi connectivity index (χ3n) is 3.35. The molecule has 0 amide bonds. The summed E-state index contributed by atoms with van der Waals surface area (Å²) in [6, 6.07) is 0.635. The SMILES string of the molecule is CN(CC1CCCN1C)c1n[nH]c(=S)n1C. The zero-order chi connectivity index (χ0) is 11.7. The summed E-state index contributed by atoms with van der Waals surface area (Å²) in [5, 5.41) is 7.05. The molecule has 1 aromatic heterocycles. The Hall–Kier alpha value is -0.880. The van der Waals surface area contributed by atoms with E-state index in [1.807, 2.05) is 11.6 Å². The van der Waals surface area contributed by atoms with Gasteiger partial charge in [0.25, 0.3) is 0 Å². The van der Waals surface area contributed by atoms with Gasteiger partial charge in [0.05, 0.1) is 0 Å². The average molecular weight is 241 g/mol. The third kappa shape index (κ3) is 2.12. The minimum Gasteiger partial charge on any atom is -0.342 e. The Morgan fingerprint density at radius 2 is 2.31 bits per heavy atom. The molecule has 2 heterocycles. The maximum Gasteiger partial charge on any atom is 0.225 e. The average Bonchev–Trinajstić information content (AvgIpc) is 2.77. The standard InChI is InChI=1S/C10H19N5S/c1-13-6-4-5-8(13)7-14(2)9-11-12-10(16)15(9)3/h8H,4-7H2,1-3H3,(H,12,16). The monoisotopic (exact) mass is 241 g/mol. The quantitative estimate of drug-likeness (QED) is 0.802. The summed E-state index contributed by atoms with van der Waals surface area (Å²) in [7, 11) is 6.20. The molecular weight excluding hydrogens is 222 g/mol. The summed E-state index contributed by atoms with van der Waals surface area (Å²) in [4.78, 5) is 4.58. The molecule has 6 heteroatoms. The molecule has 16 heavy (non-hydrogen) atoms. The van der Waals surface area contributed by atoms with Crippen LogP contribution < -0.4 is 4.90 Å². The Kier molecular flexibility index (Phi) is 3.30. The van der Waals surface area contributed by atoms with Crippen LogP contribution >= 0.6 is 12.2 Å². The molecule has 0 radical (unpaired) electrons. The maximum atomic E-state index is 5.11. The Morgan fingerprint density at radius 1 is 1.56 bits per heavy atom. The molecular formula is C10H19N5S.